The molecule has 0 unspecified atom stereocenters. The Kier molecular flexibility index (Phi) is 4.17. The predicted octanol–water partition coefficient (Wildman–Crippen LogP) is 3.98. The number of rotatable bonds is 4. The van der Waals surface area contributed by atoms with E-state index in [-0.39, 0.29) is 0 Å². The molecule has 6 heteroatoms. The van der Waals surface area contributed by atoms with Gasteiger partial charge in [0.15, 0.2) is 5.76 Å². The lowest BCUT2D eigenvalue weighted by Crippen LogP contribution is -2.12. The molecule has 0 saturated carbocycles. The Hall–Kier alpha value is -1.92. The molecular formula is C15H15N3OS2. The van der Waals surface area contributed by atoms with Crippen LogP contribution < -0.4 is 4.80 Å². The van der Waals surface area contributed by atoms with Crippen LogP contribution in [0.25, 0.3) is 11.5 Å². The summed E-state index contributed by atoms with van der Waals surface area (Å²) >= 11 is 3.28. The van der Waals surface area contributed by atoms with Gasteiger partial charge in [-0.2, -0.15) is 5.10 Å². The molecule has 0 aliphatic heterocycles. The normalized spacial score (nSPS) is 12.6. The Labute approximate surface area is 130 Å². The van der Waals surface area contributed by atoms with E-state index in [2.05, 4.69) is 29.2 Å². The molecule has 0 spiro atoms. The molecule has 3 rings (SSSR count). The highest BCUT2D eigenvalue weighted by Crippen LogP contribution is 2.20. The van der Waals surface area contributed by atoms with E-state index in [0.29, 0.717) is 0 Å². The van der Waals surface area contributed by atoms with Gasteiger partial charge in [-0.3, -0.25) is 4.99 Å². The maximum atomic E-state index is 5.48. The number of furan rings is 1. The third kappa shape index (κ3) is 3.06. The first kappa shape index (κ1) is 14.0. The van der Waals surface area contributed by atoms with Gasteiger partial charge in [0.25, 0.3) is 0 Å². The lowest BCUT2D eigenvalue weighted by molar-refractivity contribution is 0.575. The summed E-state index contributed by atoms with van der Waals surface area (Å²) in [5.74, 6) is 0.795. The zero-order valence-electron chi connectivity index (χ0n) is 11.8. The Morgan fingerprint density at radius 1 is 1.33 bits per heavy atom. The van der Waals surface area contributed by atoms with E-state index in [1.807, 2.05) is 35.3 Å². The second kappa shape index (κ2) is 6.24. The smallest absolute Gasteiger partial charge is 0.206 e. The maximum Gasteiger partial charge on any atom is 0.206 e. The van der Waals surface area contributed by atoms with Crippen LogP contribution in [-0.4, -0.2) is 17.4 Å². The van der Waals surface area contributed by atoms with Crippen molar-refractivity contribution in [2.45, 2.75) is 13.8 Å². The number of thiophene rings is 1. The van der Waals surface area contributed by atoms with Gasteiger partial charge in [-0.15, -0.1) is 22.7 Å². The molecule has 0 aliphatic carbocycles. The Balaban J connectivity index is 2.05. The molecule has 0 radical (unpaired) electrons. The molecule has 108 valence electrons. The molecular weight excluding hydrogens is 302 g/mol. The molecule has 0 N–H and O–H groups in total. The highest BCUT2D eigenvalue weighted by molar-refractivity contribution is 7.13. The van der Waals surface area contributed by atoms with Crippen LogP contribution in [-0.2, 0) is 0 Å². The van der Waals surface area contributed by atoms with Crippen LogP contribution in [0.15, 0.2) is 50.4 Å². The summed E-state index contributed by atoms with van der Waals surface area (Å²) in [7, 11) is 0. The molecule has 3 aromatic heterocycles. The summed E-state index contributed by atoms with van der Waals surface area (Å²) in [6.45, 7) is 4.83. The van der Waals surface area contributed by atoms with Gasteiger partial charge in [0.05, 0.1) is 12.5 Å². The SMILES string of the molecule is CCN=c1scc(-c2ccco2)n1N=Cc1ccc(C)s1. The van der Waals surface area contributed by atoms with Gasteiger partial charge in [0.2, 0.25) is 4.80 Å². The Bertz CT molecular complexity index is 806. The zero-order chi connectivity index (χ0) is 14.7. The van der Waals surface area contributed by atoms with Crippen molar-refractivity contribution in [3.05, 3.63) is 50.5 Å². The molecule has 0 amide bonds. The molecule has 3 aromatic rings. The fourth-order valence-corrected chi connectivity index (χ4v) is 3.51. The molecule has 21 heavy (non-hydrogen) atoms. The van der Waals surface area contributed by atoms with Crippen molar-refractivity contribution in [2.24, 2.45) is 10.1 Å². The summed E-state index contributed by atoms with van der Waals surface area (Å²) in [4.78, 5) is 7.75. The summed E-state index contributed by atoms with van der Waals surface area (Å²) < 4.78 is 7.32. The minimum Gasteiger partial charge on any atom is -0.463 e. The first-order valence-corrected chi connectivity index (χ1v) is 8.33. The monoisotopic (exact) mass is 317 g/mol. The van der Waals surface area contributed by atoms with Crippen LogP contribution in [0.1, 0.15) is 16.7 Å². The maximum absolute atomic E-state index is 5.48. The predicted molar refractivity (Wildman–Crippen MR) is 88.2 cm³/mol. The van der Waals surface area contributed by atoms with Crippen LogP contribution >= 0.6 is 22.7 Å². The minimum atomic E-state index is 0.728. The number of aromatic nitrogens is 1. The van der Waals surface area contributed by atoms with Crippen molar-refractivity contribution in [1.82, 2.24) is 4.68 Å². The largest absolute Gasteiger partial charge is 0.463 e. The van der Waals surface area contributed by atoms with E-state index in [1.54, 1.807) is 28.9 Å². The highest BCUT2D eigenvalue weighted by Gasteiger charge is 2.09. The zero-order valence-corrected chi connectivity index (χ0v) is 13.4. The summed E-state index contributed by atoms with van der Waals surface area (Å²) in [5.41, 5.74) is 0.918. The van der Waals surface area contributed by atoms with E-state index in [0.717, 1.165) is 27.7 Å². The van der Waals surface area contributed by atoms with E-state index in [4.69, 9.17) is 4.42 Å². The standard InChI is InChI=1S/C15H15N3OS2/c1-3-16-15-18(17-9-12-7-6-11(2)21-12)13(10-20-15)14-5-4-8-19-14/h4-10H,3H2,1-2H3. The lowest BCUT2D eigenvalue weighted by Gasteiger charge is -1.99. The lowest BCUT2D eigenvalue weighted by atomic mass is 10.4. The van der Waals surface area contributed by atoms with Crippen LogP contribution in [0, 0.1) is 6.92 Å². The average Bonchev–Trinajstić information content (AvgIpc) is 3.17. The second-order valence-electron chi connectivity index (χ2n) is 4.36. The van der Waals surface area contributed by atoms with Gasteiger partial charge in [0.1, 0.15) is 5.69 Å². The molecule has 3 heterocycles. The van der Waals surface area contributed by atoms with E-state index < -0.39 is 0 Å². The van der Waals surface area contributed by atoms with Gasteiger partial charge in [-0.05, 0) is 38.1 Å². The number of aryl methyl sites for hydroxylation is 1. The van der Waals surface area contributed by atoms with Crippen LogP contribution in [0.5, 0.6) is 0 Å². The van der Waals surface area contributed by atoms with E-state index in [9.17, 15) is 0 Å². The van der Waals surface area contributed by atoms with E-state index in [1.165, 1.54) is 4.88 Å². The molecule has 0 saturated heterocycles. The van der Waals surface area contributed by atoms with Crippen molar-refractivity contribution in [2.75, 3.05) is 6.54 Å². The molecule has 0 aliphatic rings. The van der Waals surface area contributed by atoms with Gasteiger partial charge in [-0.1, -0.05) is 0 Å². The number of nitrogens with zero attached hydrogens (tertiary/aromatic N) is 3. The molecule has 4 nitrogen and oxygen atoms in total. The van der Waals surface area contributed by atoms with Crippen molar-refractivity contribution in [3.63, 3.8) is 0 Å². The number of hydrogen-bond acceptors (Lipinski definition) is 5. The second-order valence-corrected chi connectivity index (χ2v) is 6.52. The molecule has 0 atom stereocenters. The van der Waals surface area contributed by atoms with E-state index >= 15 is 0 Å². The third-order valence-corrected chi connectivity index (χ3v) is 4.60. The topological polar surface area (TPSA) is 42.8 Å². The Morgan fingerprint density at radius 2 is 2.24 bits per heavy atom. The van der Waals surface area contributed by atoms with Crippen LogP contribution in [0.2, 0.25) is 0 Å². The van der Waals surface area contributed by atoms with Crippen molar-refractivity contribution in [3.8, 4) is 11.5 Å². The van der Waals surface area contributed by atoms with Gasteiger partial charge < -0.3 is 4.42 Å². The van der Waals surface area contributed by atoms with Crippen molar-refractivity contribution >= 4 is 28.9 Å². The minimum absolute atomic E-state index is 0.728. The Morgan fingerprint density at radius 3 is 2.90 bits per heavy atom. The first-order chi connectivity index (χ1) is 10.3. The highest BCUT2D eigenvalue weighted by atomic mass is 32.1. The third-order valence-electron chi connectivity index (χ3n) is 2.81. The fraction of sp³-hybridized carbons (Fsp3) is 0.200. The quantitative estimate of drug-likeness (QED) is 0.671. The molecule has 0 aromatic carbocycles. The molecule has 0 bridgehead atoms. The van der Waals surface area contributed by atoms with Crippen molar-refractivity contribution < 1.29 is 4.42 Å². The van der Waals surface area contributed by atoms with Gasteiger partial charge in [0, 0.05) is 21.7 Å². The van der Waals surface area contributed by atoms with Crippen LogP contribution in [0.4, 0.5) is 0 Å². The number of hydrogen-bond donors (Lipinski definition) is 0. The number of thiazole rings is 1. The summed E-state index contributed by atoms with van der Waals surface area (Å²) in [5, 5.41) is 6.60. The first-order valence-electron chi connectivity index (χ1n) is 6.63. The van der Waals surface area contributed by atoms with Crippen LogP contribution in [0.3, 0.4) is 0 Å². The van der Waals surface area contributed by atoms with Gasteiger partial charge >= 0.3 is 0 Å². The average molecular weight is 317 g/mol. The van der Waals surface area contributed by atoms with Crippen molar-refractivity contribution in [1.29, 1.82) is 0 Å². The summed E-state index contributed by atoms with van der Waals surface area (Å²) in [6.07, 6.45) is 3.53. The molecule has 0 fully saturated rings. The summed E-state index contributed by atoms with van der Waals surface area (Å²) in [6, 6.07) is 7.97. The van der Waals surface area contributed by atoms with Gasteiger partial charge in [-0.25, -0.2) is 4.68 Å². The fourth-order valence-electron chi connectivity index (χ4n) is 1.89.